The van der Waals surface area contributed by atoms with Gasteiger partial charge in [-0.3, -0.25) is 0 Å². The number of aliphatic hydroxyl groups excluding tert-OH is 1. The molecule has 0 aliphatic rings. The van der Waals surface area contributed by atoms with Crippen LogP contribution in [0, 0.1) is 5.41 Å². The standard InChI is InChI=1S/C24H31N3O2/c1-4-6-16-24(3,5-2)22(28)23(27-18-25-17-26-27)29-21-14-12-20(13-15-21)19-10-8-7-9-11-19/h7-15,17-18,22-23,28H,4-6,16H2,1-3H3. The first kappa shape index (κ1) is 21.1. The van der Waals surface area contributed by atoms with Crippen molar-refractivity contribution >= 4 is 0 Å². The molecule has 0 spiro atoms. The largest absolute Gasteiger partial charge is 0.466 e. The van der Waals surface area contributed by atoms with E-state index in [0.29, 0.717) is 5.75 Å². The number of unbranched alkanes of at least 4 members (excludes halogenated alkanes) is 1. The van der Waals surface area contributed by atoms with Gasteiger partial charge in [-0.2, -0.15) is 5.10 Å². The van der Waals surface area contributed by atoms with Crippen molar-refractivity contribution in [2.45, 2.75) is 58.8 Å². The molecule has 3 rings (SSSR count). The summed E-state index contributed by atoms with van der Waals surface area (Å²) in [6.07, 6.45) is 5.67. The fourth-order valence-corrected chi connectivity index (χ4v) is 3.57. The molecule has 0 saturated heterocycles. The van der Waals surface area contributed by atoms with E-state index in [1.54, 1.807) is 11.0 Å². The van der Waals surface area contributed by atoms with Crippen molar-refractivity contribution in [1.82, 2.24) is 14.8 Å². The topological polar surface area (TPSA) is 60.2 Å². The van der Waals surface area contributed by atoms with Gasteiger partial charge in [-0.25, -0.2) is 9.67 Å². The van der Waals surface area contributed by atoms with Gasteiger partial charge in [0.15, 0.2) is 0 Å². The Kier molecular flexibility index (Phi) is 7.04. The second-order valence-electron chi connectivity index (χ2n) is 7.83. The van der Waals surface area contributed by atoms with Crippen LogP contribution in [-0.2, 0) is 0 Å². The van der Waals surface area contributed by atoms with Gasteiger partial charge in [0, 0.05) is 0 Å². The predicted octanol–water partition coefficient (Wildman–Crippen LogP) is 5.49. The number of hydrogen-bond acceptors (Lipinski definition) is 4. The molecule has 5 nitrogen and oxygen atoms in total. The summed E-state index contributed by atoms with van der Waals surface area (Å²) in [4.78, 5) is 4.05. The molecule has 5 heteroatoms. The molecule has 1 heterocycles. The van der Waals surface area contributed by atoms with Crippen LogP contribution in [0.25, 0.3) is 11.1 Å². The summed E-state index contributed by atoms with van der Waals surface area (Å²) in [5, 5.41) is 15.6. The minimum atomic E-state index is -0.713. The summed E-state index contributed by atoms with van der Waals surface area (Å²) >= 11 is 0. The van der Waals surface area contributed by atoms with Gasteiger partial charge in [-0.15, -0.1) is 0 Å². The molecule has 0 radical (unpaired) electrons. The first-order chi connectivity index (χ1) is 14.1. The van der Waals surface area contributed by atoms with E-state index >= 15 is 0 Å². The third kappa shape index (κ3) is 5.04. The molecule has 0 saturated carbocycles. The fourth-order valence-electron chi connectivity index (χ4n) is 3.57. The van der Waals surface area contributed by atoms with Crippen molar-refractivity contribution in [3.8, 4) is 16.9 Å². The molecule has 3 atom stereocenters. The summed E-state index contributed by atoms with van der Waals surface area (Å²) in [6, 6.07) is 18.2. The van der Waals surface area contributed by atoms with Crippen LogP contribution in [-0.4, -0.2) is 26.0 Å². The molecule has 0 fully saturated rings. The Bertz CT molecular complexity index is 850. The summed E-state index contributed by atoms with van der Waals surface area (Å²) < 4.78 is 7.86. The van der Waals surface area contributed by atoms with E-state index in [1.165, 1.54) is 6.33 Å². The van der Waals surface area contributed by atoms with E-state index < -0.39 is 12.3 Å². The van der Waals surface area contributed by atoms with Crippen molar-refractivity contribution in [3.05, 3.63) is 67.3 Å². The molecule has 0 aliphatic heterocycles. The Morgan fingerprint density at radius 2 is 1.72 bits per heavy atom. The summed E-state index contributed by atoms with van der Waals surface area (Å²) in [7, 11) is 0. The maximum atomic E-state index is 11.3. The van der Waals surface area contributed by atoms with Gasteiger partial charge in [0.25, 0.3) is 0 Å². The van der Waals surface area contributed by atoms with Crippen molar-refractivity contribution in [2.24, 2.45) is 5.41 Å². The van der Waals surface area contributed by atoms with Crippen molar-refractivity contribution in [2.75, 3.05) is 0 Å². The molecule has 1 N–H and O–H groups in total. The lowest BCUT2D eigenvalue weighted by Gasteiger charge is -2.38. The first-order valence-corrected chi connectivity index (χ1v) is 10.4. The van der Waals surface area contributed by atoms with E-state index in [9.17, 15) is 5.11 Å². The highest BCUT2D eigenvalue weighted by molar-refractivity contribution is 5.63. The summed E-state index contributed by atoms with van der Waals surface area (Å²) in [5.41, 5.74) is 2.01. The smallest absolute Gasteiger partial charge is 0.219 e. The molecule has 29 heavy (non-hydrogen) atoms. The molecule has 3 aromatic rings. The average molecular weight is 394 g/mol. The van der Waals surface area contributed by atoms with Crippen molar-refractivity contribution in [1.29, 1.82) is 0 Å². The Labute approximate surface area is 173 Å². The van der Waals surface area contributed by atoms with Gasteiger partial charge in [0.05, 0.1) is 0 Å². The number of benzene rings is 2. The maximum Gasteiger partial charge on any atom is 0.219 e. The Morgan fingerprint density at radius 1 is 1.03 bits per heavy atom. The zero-order valence-electron chi connectivity index (χ0n) is 17.5. The van der Waals surface area contributed by atoms with Crippen LogP contribution in [0.3, 0.4) is 0 Å². The zero-order valence-corrected chi connectivity index (χ0v) is 17.5. The monoisotopic (exact) mass is 393 g/mol. The predicted molar refractivity (Wildman–Crippen MR) is 115 cm³/mol. The van der Waals surface area contributed by atoms with E-state index in [-0.39, 0.29) is 5.41 Å². The number of nitrogens with zero attached hydrogens (tertiary/aromatic N) is 3. The minimum absolute atomic E-state index is 0.267. The Morgan fingerprint density at radius 3 is 2.31 bits per heavy atom. The molecule has 0 amide bonds. The molecule has 0 bridgehead atoms. The lowest BCUT2D eigenvalue weighted by atomic mass is 9.76. The van der Waals surface area contributed by atoms with E-state index in [2.05, 4.69) is 43.0 Å². The van der Waals surface area contributed by atoms with Gasteiger partial charge in [-0.1, -0.05) is 76.1 Å². The van der Waals surface area contributed by atoms with Gasteiger partial charge in [0.2, 0.25) is 6.23 Å². The van der Waals surface area contributed by atoms with E-state index in [4.69, 9.17) is 4.74 Å². The van der Waals surface area contributed by atoms with Crippen molar-refractivity contribution < 1.29 is 9.84 Å². The normalized spacial score (nSPS) is 15.4. The number of aromatic nitrogens is 3. The molecular formula is C24H31N3O2. The quantitative estimate of drug-likeness (QED) is 0.495. The molecule has 1 aromatic heterocycles. The lowest BCUT2D eigenvalue weighted by Crippen LogP contribution is -2.42. The second kappa shape index (κ2) is 9.70. The molecular weight excluding hydrogens is 362 g/mol. The van der Waals surface area contributed by atoms with Crippen LogP contribution >= 0.6 is 0 Å². The van der Waals surface area contributed by atoms with Crippen LogP contribution in [0.5, 0.6) is 5.75 Å². The number of aliphatic hydroxyl groups is 1. The first-order valence-electron chi connectivity index (χ1n) is 10.4. The Hall–Kier alpha value is -2.66. The summed E-state index contributed by atoms with van der Waals surface area (Å²) in [6.45, 7) is 6.41. The van der Waals surface area contributed by atoms with E-state index in [1.807, 2.05) is 42.5 Å². The third-order valence-electron chi connectivity index (χ3n) is 5.81. The van der Waals surface area contributed by atoms with Crippen LogP contribution in [0.2, 0.25) is 0 Å². The zero-order chi connectivity index (χ0) is 20.7. The van der Waals surface area contributed by atoms with Gasteiger partial charge < -0.3 is 9.84 Å². The van der Waals surface area contributed by atoms with E-state index in [0.717, 1.165) is 36.8 Å². The number of rotatable bonds is 10. The van der Waals surface area contributed by atoms with Crippen LogP contribution < -0.4 is 4.74 Å². The fraction of sp³-hybridized carbons (Fsp3) is 0.417. The molecule has 2 aromatic carbocycles. The van der Waals surface area contributed by atoms with Gasteiger partial charge in [-0.05, 0) is 41.5 Å². The molecule has 154 valence electrons. The highest BCUT2D eigenvalue weighted by atomic mass is 16.5. The highest BCUT2D eigenvalue weighted by Gasteiger charge is 2.39. The lowest BCUT2D eigenvalue weighted by molar-refractivity contribution is -0.0906. The van der Waals surface area contributed by atoms with Crippen molar-refractivity contribution in [3.63, 3.8) is 0 Å². The number of hydrogen-bond donors (Lipinski definition) is 1. The van der Waals surface area contributed by atoms with Crippen LogP contribution in [0.1, 0.15) is 52.7 Å². The van der Waals surface area contributed by atoms with Gasteiger partial charge >= 0.3 is 0 Å². The molecule has 3 unspecified atom stereocenters. The van der Waals surface area contributed by atoms with Crippen LogP contribution in [0.4, 0.5) is 0 Å². The summed E-state index contributed by atoms with van der Waals surface area (Å²) in [5.74, 6) is 0.693. The van der Waals surface area contributed by atoms with Crippen LogP contribution in [0.15, 0.2) is 67.3 Å². The SMILES string of the molecule is CCCCC(C)(CC)C(O)C(Oc1ccc(-c2ccccc2)cc1)n1cncn1. The maximum absolute atomic E-state index is 11.3. The minimum Gasteiger partial charge on any atom is -0.466 e. The third-order valence-corrected chi connectivity index (χ3v) is 5.81. The molecule has 0 aliphatic carbocycles. The second-order valence-corrected chi connectivity index (χ2v) is 7.83. The number of ether oxygens (including phenoxy) is 1. The highest BCUT2D eigenvalue weighted by Crippen LogP contribution is 2.38. The average Bonchev–Trinajstić information content (AvgIpc) is 3.31. The Balaban J connectivity index is 1.83. The van der Waals surface area contributed by atoms with Gasteiger partial charge in [0.1, 0.15) is 24.5 Å².